The molecule has 0 heterocycles. The molecule has 1 unspecified atom stereocenters. The standard InChI is InChI=1S/C12H24/c1-3-4-7-11(2)10-12-8-5-6-9-12/h11-12H,3-10H2,1-2H3. The minimum absolute atomic E-state index is 0.994. The third-order valence-electron chi connectivity index (χ3n) is 3.26. The Morgan fingerprint density at radius 3 is 2.50 bits per heavy atom. The summed E-state index contributed by atoms with van der Waals surface area (Å²) in [5.41, 5.74) is 0. The van der Waals surface area contributed by atoms with Crippen molar-refractivity contribution in [2.24, 2.45) is 11.8 Å². The maximum atomic E-state index is 2.44. The minimum Gasteiger partial charge on any atom is -0.0654 e. The molecule has 0 heteroatoms. The lowest BCUT2D eigenvalue weighted by molar-refractivity contribution is 0.372. The summed E-state index contributed by atoms with van der Waals surface area (Å²) in [5.74, 6) is 2.09. The van der Waals surface area contributed by atoms with Crippen LogP contribution >= 0.6 is 0 Å². The van der Waals surface area contributed by atoms with Gasteiger partial charge in [0, 0.05) is 0 Å². The second-order valence-corrected chi connectivity index (χ2v) is 4.63. The molecule has 0 radical (unpaired) electrons. The van der Waals surface area contributed by atoms with Gasteiger partial charge in [0.15, 0.2) is 0 Å². The molecular weight excluding hydrogens is 144 g/mol. The van der Waals surface area contributed by atoms with Crippen LogP contribution in [0.1, 0.15) is 65.2 Å². The molecule has 1 aliphatic carbocycles. The first-order valence-corrected chi connectivity index (χ1v) is 5.83. The van der Waals surface area contributed by atoms with E-state index >= 15 is 0 Å². The Labute approximate surface area is 77.7 Å². The first-order chi connectivity index (χ1) is 5.83. The van der Waals surface area contributed by atoms with Gasteiger partial charge >= 0.3 is 0 Å². The second kappa shape index (κ2) is 5.61. The third-order valence-corrected chi connectivity index (χ3v) is 3.26. The van der Waals surface area contributed by atoms with Gasteiger partial charge in [-0.05, 0) is 18.3 Å². The normalized spacial score (nSPS) is 21.5. The lowest BCUT2D eigenvalue weighted by Crippen LogP contribution is -2.02. The second-order valence-electron chi connectivity index (χ2n) is 4.63. The van der Waals surface area contributed by atoms with Crippen molar-refractivity contribution in [2.75, 3.05) is 0 Å². The van der Waals surface area contributed by atoms with Crippen LogP contribution in [0.2, 0.25) is 0 Å². The van der Waals surface area contributed by atoms with Crippen LogP contribution in [-0.2, 0) is 0 Å². The number of rotatable bonds is 5. The summed E-state index contributed by atoms with van der Waals surface area (Å²) in [6, 6.07) is 0. The molecule has 0 N–H and O–H groups in total. The number of unbranched alkanes of at least 4 members (excludes halogenated alkanes) is 1. The van der Waals surface area contributed by atoms with Gasteiger partial charge in [0.1, 0.15) is 0 Å². The monoisotopic (exact) mass is 168 g/mol. The van der Waals surface area contributed by atoms with Gasteiger partial charge in [-0.25, -0.2) is 0 Å². The van der Waals surface area contributed by atoms with Crippen molar-refractivity contribution in [3.8, 4) is 0 Å². The molecule has 0 aromatic rings. The topological polar surface area (TPSA) is 0 Å². The third kappa shape index (κ3) is 3.60. The molecule has 0 bridgehead atoms. The molecule has 0 nitrogen and oxygen atoms in total. The summed E-state index contributed by atoms with van der Waals surface area (Å²) in [4.78, 5) is 0. The van der Waals surface area contributed by atoms with Crippen LogP contribution in [0.4, 0.5) is 0 Å². The van der Waals surface area contributed by atoms with E-state index in [4.69, 9.17) is 0 Å². The molecule has 1 rings (SSSR count). The molecule has 1 atom stereocenters. The SMILES string of the molecule is CCCCC(C)CC1CCCC1. The first kappa shape index (κ1) is 10.1. The molecule has 1 fully saturated rings. The largest absolute Gasteiger partial charge is 0.0654 e. The summed E-state index contributed by atoms with van der Waals surface area (Å²) < 4.78 is 0. The first-order valence-electron chi connectivity index (χ1n) is 5.83. The van der Waals surface area contributed by atoms with E-state index in [9.17, 15) is 0 Å². The highest BCUT2D eigenvalue weighted by Gasteiger charge is 2.17. The van der Waals surface area contributed by atoms with Gasteiger partial charge in [-0.1, -0.05) is 58.8 Å². The lowest BCUT2D eigenvalue weighted by atomic mass is 9.91. The Balaban J connectivity index is 2.03. The molecule has 72 valence electrons. The molecular formula is C12H24. The molecule has 12 heavy (non-hydrogen) atoms. The lowest BCUT2D eigenvalue weighted by Gasteiger charge is -2.15. The van der Waals surface area contributed by atoms with Crippen LogP contribution in [0.3, 0.4) is 0 Å². The summed E-state index contributed by atoms with van der Waals surface area (Å²) >= 11 is 0. The van der Waals surface area contributed by atoms with E-state index in [2.05, 4.69) is 13.8 Å². The zero-order valence-corrected chi connectivity index (χ0v) is 8.81. The van der Waals surface area contributed by atoms with E-state index in [1.807, 2.05) is 0 Å². The fourth-order valence-corrected chi connectivity index (χ4v) is 2.49. The average molecular weight is 168 g/mol. The molecule has 0 aliphatic heterocycles. The van der Waals surface area contributed by atoms with Gasteiger partial charge in [0.25, 0.3) is 0 Å². The van der Waals surface area contributed by atoms with E-state index in [-0.39, 0.29) is 0 Å². The average Bonchev–Trinajstić information content (AvgIpc) is 2.53. The van der Waals surface area contributed by atoms with Crippen molar-refractivity contribution in [3.63, 3.8) is 0 Å². The maximum Gasteiger partial charge on any atom is -0.0412 e. The van der Waals surface area contributed by atoms with Crippen molar-refractivity contribution >= 4 is 0 Å². The molecule has 1 aliphatic rings. The predicted molar refractivity (Wildman–Crippen MR) is 55.3 cm³/mol. The molecule has 1 saturated carbocycles. The Hall–Kier alpha value is 0. The zero-order chi connectivity index (χ0) is 8.81. The van der Waals surface area contributed by atoms with Gasteiger partial charge in [-0.15, -0.1) is 0 Å². The van der Waals surface area contributed by atoms with Crippen LogP contribution in [0.25, 0.3) is 0 Å². The molecule has 0 aromatic carbocycles. The maximum absolute atomic E-state index is 2.44. The van der Waals surface area contributed by atoms with Crippen LogP contribution in [0.5, 0.6) is 0 Å². The van der Waals surface area contributed by atoms with Gasteiger partial charge in [-0.2, -0.15) is 0 Å². The Bertz CT molecular complexity index is 101. The van der Waals surface area contributed by atoms with E-state index < -0.39 is 0 Å². The van der Waals surface area contributed by atoms with E-state index in [1.54, 1.807) is 0 Å². The molecule has 0 spiro atoms. The summed E-state index contributed by atoms with van der Waals surface area (Å²) in [6.45, 7) is 4.73. The smallest absolute Gasteiger partial charge is 0.0412 e. The fourth-order valence-electron chi connectivity index (χ4n) is 2.49. The van der Waals surface area contributed by atoms with Crippen molar-refractivity contribution in [3.05, 3.63) is 0 Å². The van der Waals surface area contributed by atoms with Crippen molar-refractivity contribution in [1.82, 2.24) is 0 Å². The number of hydrogen-bond donors (Lipinski definition) is 0. The van der Waals surface area contributed by atoms with Crippen molar-refractivity contribution < 1.29 is 0 Å². The Morgan fingerprint density at radius 1 is 1.25 bits per heavy atom. The minimum atomic E-state index is 0.994. The molecule has 0 saturated heterocycles. The van der Waals surface area contributed by atoms with Gasteiger partial charge in [-0.3, -0.25) is 0 Å². The highest BCUT2D eigenvalue weighted by molar-refractivity contribution is 4.69. The Morgan fingerprint density at radius 2 is 1.92 bits per heavy atom. The highest BCUT2D eigenvalue weighted by atomic mass is 14.2. The summed E-state index contributed by atoms with van der Waals surface area (Å²) in [5, 5.41) is 0. The van der Waals surface area contributed by atoms with Crippen LogP contribution < -0.4 is 0 Å². The Kier molecular flexibility index (Phi) is 4.72. The fraction of sp³-hybridized carbons (Fsp3) is 1.00. The number of hydrogen-bond acceptors (Lipinski definition) is 0. The van der Waals surface area contributed by atoms with Crippen LogP contribution in [-0.4, -0.2) is 0 Å². The van der Waals surface area contributed by atoms with E-state index in [0.29, 0.717) is 0 Å². The highest BCUT2D eigenvalue weighted by Crippen LogP contribution is 2.31. The predicted octanol–water partition coefficient (Wildman–Crippen LogP) is 4.39. The van der Waals surface area contributed by atoms with Crippen LogP contribution in [0.15, 0.2) is 0 Å². The zero-order valence-electron chi connectivity index (χ0n) is 8.81. The molecule has 0 aromatic heterocycles. The quantitative estimate of drug-likeness (QED) is 0.571. The summed E-state index contributed by atoms with van der Waals surface area (Å²) in [7, 11) is 0. The van der Waals surface area contributed by atoms with Crippen molar-refractivity contribution in [1.29, 1.82) is 0 Å². The van der Waals surface area contributed by atoms with Crippen molar-refractivity contribution in [2.45, 2.75) is 65.2 Å². The molecule has 0 amide bonds. The van der Waals surface area contributed by atoms with Crippen LogP contribution in [0, 0.1) is 11.8 Å². The van der Waals surface area contributed by atoms with Gasteiger partial charge in [0.2, 0.25) is 0 Å². The van der Waals surface area contributed by atoms with E-state index in [1.165, 1.54) is 51.4 Å². The van der Waals surface area contributed by atoms with E-state index in [0.717, 1.165) is 11.8 Å². The van der Waals surface area contributed by atoms with Gasteiger partial charge in [0.05, 0.1) is 0 Å². The summed E-state index contributed by atoms with van der Waals surface area (Å²) in [6.07, 6.45) is 11.8. The van der Waals surface area contributed by atoms with Gasteiger partial charge < -0.3 is 0 Å².